The van der Waals surface area contributed by atoms with Crippen LogP contribution in [-0.4, -0.2) is 25.2 Å². The molecule has 4 nitrogen and oxygen atoms in total. The Kier molecular flexibility index (Phi) is 4.15. The molecule has 1 aromatic carbocycles. The van der Waals surface area contributed by atoms with Crippen LogP contribution in [0.1, 0.15) is 24.8 Å². The van der Waals surface area contributed by atoms with Gasteiger partial charge in [0.2, 0.25) is 0 Å². The average Bonchev–Trinajstić information content (AvgIpc) is 2.38. The largest absolute Gasteiger partial charge is 0.490 e. The van der Waals surface area contributed by atoms with Crippen molar-refractivity contribution in [3.8, 4) is 5.75 Å². The standard InChI is InChI=1S/C13H17FN2O2/c14-9-4-5-12(11(7-9)13(15)16)18-8-10-3-1-2-6-17-10/h4-5,7,10H,1-3,6,8H2,(H3,15,16). The van der Waals surface area contributed by atoms with Crippen LogP contribution in [0.5, 0.6) is 5.75 Å². The molecule has 1 fully saturated rings. The van der Waals surface area contributed by atoms with E-state index in [0.29, 0.717) is 12.4 Å². The molecule has 0 spiro atoms. The number of halogens is 1. The van der Waals surface area contributed by atoms with Gasteiger partial charge in [-0.05, 0) is 37.5 Å². The first-order valence-corrected chi connectivity index (χ1v) is 6.05. The van der Waals surface area contributed by atoms with Crippen LogP contribution >= 0.6 is 0 Å². The molecule has 1 aliphatic heterocycles. The summed E-state index contributed by atoms with van der Waals surface area (Å²) >= 11 is 0. The second kappa shape index (κ2) is 5.82. The van der Waals surface area contributed by atoms with Gasteiger partial charge in [-0.25, -0.2) is 4.39 Å². The molecular weight excluding hydrogens is 235 g/mol. The average molecular weight is 252 g/mol. The van der Waals surface area contributed by atoms with Crippen molar-refractivity contribution in [1.29, 1.82) is 5.41 Å². The molecule has 1 unspecified atom stereocenters. The summed E-state index contributed by atoms with van der Waals surface area (Å²) in [5.74, 6) is -0.200. The predicted molar refractivity (Wildman–Crippen MR) is 66.5 cm³/mol. The van der Waals surface area contributed by atoms with Gasteiger partial charge in [0.1, 0.15) is 24.0 Å². The van der Waals surface area contributed by atoms with Crippen LogP contribution in [0.3, 0.4) is 0 Å². The number of ether oxygens (including phenoxy) is 2. The Morgan fingerprint density at radius 3 is 3.00 bits per heavy atom. The van der Waals surface area contributed by atoms with Crippen molar-refractivity contribution in [3.05, 3.63) is 29.6 Å². The number of nitrogens with two attached hydrogens (primary N) is 1. The van der Waals surface area contributed by atoms with Crippen molar-refractivity contribution < 1.29 is 13.9 Å². The molecule has 0 saturated carbocycles. The topological polar surface area (TPSA) is 68.3 Å². The lowest BCUT2D eigenvalue weighted by Gasteiger charge is -2.23. The fraction of sp³-hybridized carbons (Fsp3) is 0.462. The van der Waals surface area contributed by atoms with Crippen molar-refractivity contribution in [1.82, 2.24) is 0 Å². The number of hydrogen-bond donors (Lipinski definition) is 2. The first kappa shape index (κ1) is 12.8. The molecule has 3 N–H and O–H groups in total. The molecule has 0 aliphatic carbocycles. The van der Waals surface area contributed by atoms with Crippen molar-refractivity contribution >= 4 is 5.84 Å². The van der Waals surface area contributed by atoms with Gasteiger partial charge in [0.25, 0.3) is 0 Å². The highest BCUT2D eigenvalue weighted by Crippen LogP contribution is 2.21. The van der Waals surface area contributed by atoms with Crippen LogP contribution in [0.4, 0.5) is 4.39 Å². The number of benzene rings is 1. The van der Waals surface area contributed by atoms with Crippen molar-refractivity contribution in [2.45, 2.75) is 25.4 Å². The zero-order chi connectivity index (χ0) is 13.0. The second-order valence-electron chi connectivity index (χ2n) is 4.35. The zero-order valence-electron chi connectivity index (χ0n) is 10.1. The van der Waals surface area contributed by atoms with E-state index in [9.17, 15) is 4.39 Å². The third kappa shape index (κ3) is 3.20. The van der Waals surface area contributed by atoms with Gasteiger partial charge in [-0.2, -0.15) is 0 Å². The molecule has 98 valence electrons. The molecule has 1 aromatic rings. The fourth-order valence-corrected chi connectivity index (χ4v) is 1.96. The molecule has 1 saturated heterocycles. The van der Waals surface area contributed by atoms with Crippen molar-refractivity contribution in [2.75, 3.05) is 13.2 Å². The Balaban J connectivity index is 2.01. The van der Waals surface area contributed by atoms with Crippen molar-refractivity contribution in [3.63, 3.8) is 0 Å². The molecule has 0 amide bonds. The molecular formula is C13H17FN2O2. The fourth-order valence-electron chi connectivity index (χ4n) is 1.96. The maximum Gasteiger partial charge on any atom is 0.130 e. The highest BCUT2D eigenvalue weighted by Gasteiger charge is 2.16. The number of nitrogens with one attached hydrogen (secondary N) is 1. The molecule has 0 aromatic heterocycles. The van der Waals surface area contributed by atoms with Crippen LogP contribution in [0.25, 0.3) is 0 Å². The normalized spacial score (nSPS) is 19.5. The predicted octanol–water partition coefficient (Wildman–Crippen LogP) is 2.06. The Labute approximate surface area is 105 Å². The smallest absolute Gasteiger partial charge is 0.130 e. The van der Waals surface area contributed by atoms with Gasteiger partial charge in [-0.3, -0.25) is 5.41 Å². The molecule has 0 bridgehead atoms. The summed E-state index contributed by atoms with van der Waals surface area (Å²) in [6, 6.07) is 4.00. The van der Waals surface area contributed by atoms with Crippen LogP contribution < -0.4 is 10.5 Å². The molecule has 1 aliphatic rings. The first-order chi connectivity index (χ1) is 8.66. The summed E-state index contributed by atoms with van der Waals surface area (Å²) in [6.07, 6.45) is 3.27. The van der Waals surface area contributed by atoms with E-state index in [1.165, 1.54) is 18.2 Å². The maximum atomic E-state index is 13.1. The third-order valence-electron chi connectivity index (χ3n) is 2.93. The summed E-state index contributed by atoms with van der Waals surface area (Å²) in [5.41, 5.74) is 5.68. The van der Waals surface area contributed by atoms with E-state index in [4.69, 9.17) is 20.6 Å². The summed E-state index contributed by atoms with van der Waals surface area (Å²) in [7, 11) is 0. The summed E-state index contributed by atoms with van der Waals surface area (Å²) < 4.78 is 24.2. The Morgan fingerprint density at radius 1 is 1.50 bits per heavy atom. The quantitative estimate of drug-likeness (QED) is 0.636. The number of amidine groups is 1. The molecule has 1 atom stereocenters. The van der Waals surface area contributed by atoms with E-state index in [1.807, 2.05) is 0 Å². The highest BCUT2D eigenvalue weighted by molar-refractivity contribution is 5.97. The number of hydrogen-bond acceptors (Lipinski definition) is 3. The highest BCUT2D eigenvalue weighted by atomic mass is 19.1. The number of nitrogen functional groups attached to an aromatic ring is 1. The van der Waals surface area contributed by atoms with E-state index in [-0.39, 0.29) is 17.5 Å². The lowest BCUT2D eigenvalue weighted by Crippen LogP contribution is -2.26. The van der Waals surface area contributed by atoms with Crippen LogP contribution in [-0.2, 0) is 4.74 Å². The molecule has 5 heteroatoms. The minimum atomic E-state index is -0.429. The zero-order valence-corrected chi connectivity index (χ0v) is 10.1. The molecule has 1 heterocycles. The van der Waals surface area contributed by atoms with Gasteiger partial charge < -0.3 is 15.2 Å². The minimum absolute atomic E-state index is 0.0728. The van der Waals surface area contributed by atoms with E-state index in [2.05, 4.69) is 0 Å². The van der Waals surface area contributed by atoms with Crippen LogP contribution in [0, 0.1) is 11.2 Å². The summed E-state index contributed by atoms with van der Waals surface area (Å²) in [4.78, 5) is 0. The molecule has 0 radical (unpaired) electrons. The van der Waals surface area contributed by atoms with Gasteiger partial charge in [0.15, 0.2) is 0 Å². The monoisotopic (exact) mass is 252 g/mol. The SMILES string of the molecule is N=C(N)c1cc(F)ccc1OCC1CCCCO1. The Bertz CT molecular complexity index is 431. The van der Waals surface area contributed by atoms with Gasteiger partial charge in [-0.15, -0.1) is 0 Å². The summed E-state index contributed by atoms with van der Waals surface area (Å²) in [6.45, 7) is 1.17. The molecule has 2 rings (SSSR count). The Hall–Kier alpha value is -1.62. The molecule has 18 heavy (non-hydrogen) atoms. The Morgan fingerprint density at radius 2 is 2.33 bits per heavy atom. The minimum Gasteiger partial charge on any atom is -0.490 e. The second-order valence-corrected chi connectivity index (χ2v) is 4.35. The number of rotatable bonds is 4. The van der Waals surface area contributed by atoms with Crippen LogP contribution in [0.2, 0.25) is 0 Å². The summed E-state index contributed by atoms with van der Waals surface area (Å²) in [5, 5.41) is 7.40. The van der Waals surface area contributed by atoms with Gasteiger partial charge in [-0.1, -0.05) is 0 Å². The van der Waals surface area contributed by atoms with Gasteiger partial charge >= 0.3 is 0 Å². The lowest BCUT2D eigenvalue weighted by atomic mass is 10.1. The first-order valence-electron chi connectivity index (χ1n) is 6.05. The third-order valence-corrected chi connectivity index (χ3v) is 2.93. The maximum absolute atomic E-state index is 13.1. The van der Waals surface area contributed by atoms with E-state index >= 15 is 0 Å². The van der Waals surface area contributed by atoms with Crippen LogP contribution in [0.15, 0.2) is 18.2 Å². The lowest BCUT2D eigenvalue weighted by molar-refractivity contribution is -0.0111. The van der Waals surface area contributed by atoms with E-state index < -0.39 is 5.82 Å². The van der Waals surface area contributed by atoms with Gasteiger partial charge in [0, 0.05) is 6.61 Å². The van der Waals surface area contributed by atoms with E-state index in [0.717, 1.165) is 25.9 Å². The van der Waals surface area contributed by atoms with E-state index in [1.54, 1.807) is 0 Å². The van der Waals surface area contributed by atoms with Crippen molar-refractivity contribution in [2.24, 2.45) is 5.73 Å². The van der Waals surface area contributed by atoms with Gasteiger partial charge in [0.05, 0.1) is 11.7 Å².